The fourth-order valence-electron chi connectivity index (χ4n) is 3.70. The second-order valence-corrected chi connectivity index (χ2v) is 7.25. The lowest BCUT2D eigenvalue weighted by molar-refractivity contribution is -0.137. The zero-order valence-electron chi connectivity index (χ0n) is 15.2. The summed E-state index contributed by atoms with van der Waals surface area (Å²) in [4.78, 5) is 12.3. The van der Waals surface area contributed by atoms with Gasteiger partial charge in [-0.3, -0.25) is 4.79 Å². The molecule has 0 unspecified atom stereocenters. The number of hydrogen-bond donors (Lipinski definition) is 3. The van der Waals surface area contributed by atoms with Crippen molar-refractivity contribution in [3.63, 3.8) is 0 Å². The molecule has 2 saturated heterocycles. The standard InChI is InChI=1S/C19H26N2O6/c22-13-8-20-15-3-2-14(27-18(15)10-24-9-13)6-19(23)21-7-12-1-4-16-17(5-12)26-11-25-16/h1,4-5,13-15,18,20,22H,2-3,6-11H2,(H,21,23)/t13-,14-,15-,18+/m0/s1. The lowest BCUT2D eigenvalue weighted by Crippen LogP contribution is -2.53. The lowest BCUT2D eigenvalue weighted by Gasteiger charge is -2.38. The van der Waals surface area contributed by atoms with E-state index < -0.39 is 6.10 Å². The van der Waals surface area contributed by atoms with E-state index in [0.29, 0.717) is 38.5 Å². The summed E-state index contributed by atoms with van der Waals surface area (Å²) in [5.41, 5.74) is 0.966. The molecule has 3 N–H and O–H groups in total. The number of fused-ring (bicyclic) bond motifs is 2. The van der Waals surface area contributed by atoms with Gasteiger partial charge in [-0.1, -0.05) is 6.07 Å². The number of β-amino-alcohol motifs (C(OH)–C–C–N with tert-alkyl or cyclic N) is 1. The second kappa shape index (κ2) is 8.43. The molecule has 8 nitrogen and oxygen atoms in total. The lowest BCUT2D eigenvalue weighted by atomic mass is 9.96. The van der Waals surface area contributed by atoms with Gasteiger partial charge < -0.3 is 34.7 Å². The molecule has 0 aliphatic carbocycles. The third-order valence-electron chi connectivity index (χ3n) is 5.16. The van der Waals surface area contributed by atoms with Crippen molar-refractivity contribution in [2.45, 2.75) is 50.2 Å². The Balaban J connectivity index is 1.24. The zero-order chi connectivity index (χ0) is 18.6. The molecule has 1 aromatic rings. The first-order valence-electron chi connectivity index (χ1n) is 9.47. The van der Waals surface area contributed by atoms with E-state index in [1.165, 1.54) is 0 Å². The molecule has 1 aromatic carbocycles. The summed E-state index contributed by atoms with van der Waals surface area (Å²) in [5, 5.41) is 16.0. The molecule has 4 atom stereocenters. The molecule has 0 saturated carbocycles. The number of carbonyl (C=O) groups excluding carboxylic acids is 1. The van der Waals surface area contributed by atoms with E-state index in [0.717, 1.165) is 24.2 Å². The highest BCUT2D eigenvalue weighted by molar-refractivity contribution is 5.76. The maximum Gasteiger partial charge on any atom is 0.231 e. The minimum atomic E-state index is -0.481. The number of nitrogens with one attached hydrogen (secondary N) is 2. The SMILES string of the molecule is O=C(C[C@@H]1CC[C@@H]2NC[C@H](O)COC[C@H]2O1)NCc1ccc2c(c1)OCO2. The first-order valence-corrected chi connectivity index (χ1v) is 9.47. The molecule has 27 heavy (non-hydrogen) atoms. The Hall–Kier alpha value is -1.87. The summed E-state index contributed by atoms with van der Waals surface area (Å²) >= 11 is 0. The fourth-order valence-corrected chi connectivity index (χ4v) is 3.70. The zero-order valence-corrected chi connectivity index (χ0v) is 15.2. The Labute approximate surface area is 158 Å². The van der Waals surface area contributed by atoms with E-state index >= 15 is 0 Å². The highest BCUT2D eigenvalue weighted by Gasteiger charge is 2.33. The van der Waals surface area contributed by atoms with E-state index in [1.54, 1.807) is 0 Å². The van der Waals surface area contributed by atoms with Gasteiger partial charge in [0.2, 0.25) is 12.7 Å². The van der Waals surface area contributed by atoms with E-state index in [-0.39, 0.29) is 30.9 Å². The van der Waals surface area contributed by atoms with Crippen molar-refractivity contribution in [2.24, 2.45) is 0 Å². The molecule has 148 valence electrons. The molecule has 4 rings (SSSR count). The van der Waals surface area contributed by atoms with Gasteiger partial charge in [-0.2, -0.15) is 0 Å². The number of ether oxygens (including phenoxy) is 4. The molecular weight excluding hydrogens is 352 g/mol. The molecule has 2 fully saturated rings. The minimum absolute atomic E-state index is 0.0359. The Bertz CT molecular complexity index is 670. The molecule has 0 spiro atoms. The predicted molar refractivity (Wildman–Crippen MR) is 95.5 cm³/mol. The van der Waals surface area contributed by atoms with Crippen molar-refractivity contribution in [1.29, 1.82) is 0 Å². The third kappa shape index (κ3) is 4.70. The number of carbonyl (C=O) groups is 1. The van der Waals surface area contributed by atoms with Crippen molar-refractivity contribution >= 4 is 5.91 Å². The van der Waals surface area contributed by atoms with Gasteiger partial charge in [-0.15, -0.1) is 0 Å². The van der Waals surface area contributed by atoms with Crippen LogP contribution in [0.1, 0.15) is 24.8 Å². The van der Waals surface area contributed by atoms with Crippen LogP contribution in [0.3, 0.4) is 0 Å². The van der Waals surface area contributed by atoms with Crippen molar-refractivity contribution in [3.8, 4) is 11.5 Å². The normalized spacial score (nSPS) is 30.1. The third-order valence-corrected chi connectivity index (χ3v) is 5.16. The topological polar surface area (TPSA) is 98.3 Å². The molecule has 0 radical (unpaired) electrons. The van der Waals surface area contributed by atoms with Gasteiger partial charge in [0.15, 0.2) is 11.5 Å². The van der Waals surface area contributed by atoms with Crippen LogP contribution >= 0.6 is 0 Å². The van der Waals surface area contributed by atoms with E-state index in [1.807, 2.05) is 18.2 Å². The highest BCUT2D eigenvalue weighted by Crippen LogP contribution is 2.32. The van der Waals surface area contributed by atoms with E-state index in [9.17, 15) is 9.90 Å². The Kier molecular flexibility index (Phi) is 5.77. The Morgan fingerprint density at radius 3 is 3.04 bits per heavy atom. The highest BCUT2D eigenvalue weighted by atomic mass is 16.7. The molecule has 0 aromatic heterocycles. The van der Waals surface area contributed by atoms with Gasteiger partial charge in [0.25, 0.3) is 0 Å². The average Bonchev–Trinajstić information content (AvgIpc) is 3.12. The van der Waals surface area contributed by atoms with Crippen LogP contribution in [-0.2, 0) is 20.8 Å². The van der Waals surface area contributed by atoms with Crippen LogP contribution in [0.4, 0.5) is 0 Å². The van der Waals surface area contributed by atoms with Crippen LogP contribution < -0.4 is 20.1 Å². The quantitative estimate of drug-likeness (QED) is 0.694. The first-order chi connectivity index (χ1) is 13.2. The molecule has 3 aliphatic heterocycles. The summed E-state index contributed by atoms with van der Waals surface area (Å²) in [6.45, 7) is 1.93. The summed E-state index contributed by atoms with van der Waals surface area (Å²) in [6.07, 6.45) is 1.36. The largest absolute Gasteiger partial charge is 0.454 e. The summed E-state index contributed by atoms with van der Waals surface area (Å²) < 4.78 is 22.2. The average molecular weight is 378 g/mol. The second-order valence-electron chi connectivity index (χ2n) is 7.25. The van der Waals surface area contributed by atoms with Crippen LogP contribution in [0.15, 0.2) is 18.2 Å². The molecule has 1 amide bonds. The van der Waals surface area contributed by atoms with Gasteiger partial charge in [0, 0.05) is 19.1 Å². The van der Waals surface area contributed by atoms with Crippen LogP contribution in [0.5, 0.6) is 11.5 Å². The van der Waals surface area contributed by atoms with Crippen LogP contribution in [0.25, 0.3) is 0 Å². The number of benzene rings is 1. The number of rotatable bonds is 4. The van der Waals surface area contributed by atoms with Crippen molar-refractivity contribution in [3.05, 3.63) is 23.8 Å². The number of aliphatic hydroxyl groups excluding tert-OH is 1. The summed E-state index contributed by atoms with van der Waals surface area (Å²) in [6, 6.07) is 5.82. The first kappa shape index (κ1) is 18.5. The van der Waals surface area contributed by atoms with E-state index in [4.69, 9.17) is 18.9 Å². The maximum atomic E-state index is 12.3. The van der Waals surface area contributed by atoms with Crippen molar-refractivity contribution < 1.29 is 28.8 Å². The number of hydrogen-bond acceptors (Lipinski definition) is 7. The van der Waals surface area contributed by atoms with Crippen LogP contribution in [-0.4, -0.2) is 61.9 Å². The van der Waals surface area contributed by atoms with Gasteiger partial charge in [0.1, 0.15) is 0 Å². The maximum absolute atomic E-state index is 12.3. The molecule has 0 bridgehead atoms. The Morgan fingerprint density at radius 2 is 2.11 bits per heavy atom. The smallest absolute Gasteiger partial charge is 0.231 e. The van der Waals surface area contributed by atoms with Gasteiger partial charge >= 0.3 is 0 Å². The van der Waals surface area contributed by atoms with Gasteiger partial charge in [-0.05, 0) is 30.5 Å². The summed E-state index contributed by atoms with van der Waals surface area (Å²) in [5.74, 6) is 1.41. The molecule has 3 aliphatic rings. The fraction of sp³-hybridized carbons (Fsp3) is 0.632. The van der Waals surface area contributed by atoms with Crippen LogP contribution in [0, 0.1) is 0 Å². The van der Waals surface area contributed by atoms with Crippen molar-refractivity contribution in [2.75, 3.05) is 26.6 Å². The summed E-state index contributed by atoms with van der Waals surface area (Å²) in [7, 11) is 0. The van der Waals surface area contributed by atoms with Crippen LogP contribution in [0.2, 0.25) is 0 Å². The van der Waals surface area contributed by atoms with Gasteiger partial charge in [0.05, 0.1) is 37.9 Å². The number of amides is 1. The number of aliphatic hydroxyl groups is 1. The van der Waals surface area contributed by atoms with E-state index in [2.05, 4.69) is 10.6 Å². The molecular formula is C19H26N2O6. The van der Waals surface area contributed by atoms with Gasteiger partial charge in [-0.25, -0.2) is 0 Å². The molecule has 3 heterocycles. The molecule has 8 heteroatoms. The predicted octanol–water partition coefficient (Wildman–Crippen LogP) is 0.319. The monoisotopic (exact) mass is 378 g/mol. The Morgan fingerprint density at radius 1 is 1.22 bits per heavy atom. The minimum Gasteiger partial charge on any atom is -0.454 e. The van der Waals surface area contributed by atoms with Crippen molar-refractivity contribution in [1.82, 2.24) is 10.6 Å².